The fourth-order valence-corrected chi connectivity index (χ4v) is 4.02. The SMILES string of the molecule is COC(=O)/C=C/C[C@@H]1C2C=CC=CC2[C@H]1C/C=C/C=C/c1ccccc1. The predicted octanol–water partition coefficient (Wildman–Crippen LogP) is 5.37. The molecule has 1 fully saturated rings. The highest BCUT2D eigenvalue weighted by molar-refractivity contribution is 5.81. The Bertz CT molecular complexity index is 737. The topological polar surface area (TPSA) is 26.3 Å². The van der Waals surface area contributed by atoms with Gasteiger partial charge >= 0.3 is 5.97 Å². The van der Waals surface area contributed by atoms with Gasteiger partial charge in [-0.05, 0) is 42.1 Å². The summed E-state index contributed by atoms with van der Waals surface area (Å²) in [5.74, 6) is 2.16. The summed E-state index contributed by atoms with van der Waals surface area (Å²) >= 11 is 0. The van der Waals surface area contributed by atoms with Gasteiger partial charge in [-0.25, -0.2) is 4.79 Å². The number of hydrogen-bond donors (Lipinski definition) is 0. The molecule has 134 valence electrons. The second-order valence-electron chi connectivity index (χ2n) is 6.85. The molecule has 1 aromatic rings. The van der Waals surface area contributed by atoms with Gasteiger partial charge in [0.15, 0.2) is 0 Å². The molecular formula is C24H26O2. The van der Waals surface area contributed by atoms with E-state index in [4.69, 9.17) is 0 Å². The Kier molecular flexibility index (Phi) is 6.43. The summed E-state index contributed by atoms with van der Waals surface area (Å²) in [6, 6.07) is 10.3. The molecule has 0 aromatic heterocycles. The number of esters is 1. The van der Waals surface area contributed by atoms with Crippen LogP contribution >= 0.6 is 0 Å². The molecule has 2 heteroatoms. The van der Waals surface area contributed by atoms with Crippen LogP contribution in [0.5, 0.6) is 0 Å². The molecule has 2 unspecified atom stereocenters. The van der Waals surface area contributed by atoms with Gasteiger partial charge in [-0.2, -0.15) is 0 Å². The van der Waals surface area contributed by atoms with Gasteiger partial charge in [-0.3, -0.25) is 0 Å². The van der Waals surface area contributed by atoms with E-state index < -0.39 is 0 Å². The monoisotopic (exact) mass is 346 g/mol. The first kappa shape index (κ1) is 18.2. The van der Waals surface area contributed by atoms with E-state index >= 15 is 0 Å². The van der Waals surface area contributed by atoms with Gasteiger partial charge in [0.25, 0.3) is 0 Å². The molecule has 0 N–H and O–H groups in total. The van der Waals surface area contributed by atoms with E-state index in [9.17, 15) is 4.79 Å². The van der Waals surface area contributed by atoms with Crippen molar-refractivity contribution >= 4 is 12.0 Å². The average molecular weight is 346 g/mol. The summed E-state index contributed by atoms with van der Waals surface area (Å²) in [6.45, 7) is 0. The molecule has 0 saturated heterocycles. The minimum absolute atomic E-state index is 0.276. The van der Waals surface area contributed by atoms with Crippen LogP contribution in [0.4, 0.5) is 0 Å². The fourth-order valence-electron chi connectivity index (χ4n) is 4.02. The van der Waals surface area contributed by atoms with E-state index in [-0.39, 0.29) is 5.97 Å². The molecule has 0 heterocycles. The lowest BCUT2D eigenvalue weighted by Gasteiger charge is -2.51. The van der Waals surface area contributed by atoms with Crippen LogP contribution in [0, 0.1) is 23.7 Å². The molecule has 2 aliphatic rings. The largest absolute Gasteiger partial charge is 0.466 e. The molecule has 3 rings (SSSR count). The van der Waals surface area contributed by atoms with Crippen LogP contribution in [-0.4, -0.2) is 13.1 Å². The highest BCUT2D eigenvalue weighted by Gasteiger charge is 2.46. The Morgan fingerprint density at radius 2 is 1.62 bits per heavy atom. The number of fused-ring (bicyclic) bond motifs is 1. The Balaban J connectivity index is 1.55. The zero-order chi connectivity index (χ0) is 18.2. The van der Waals surface area contributed by atoms with Crippen molar-refractivity contribution in [1.82, 2.24) is 0 Å². The molecule has 0 aliphatic heterocycles. The van der Waals surface area contributed by atoms with E-state index in [1.54, 1.807) is 6.08 Å². The predicted molar refractivity (Wildman–Crippen MR) is 107 cm³/mol. The molecule has 0 radical (unpaired) electrons. The zero-order valence-electron chi connectivity index (χ0n) is 15.2. The lowest BCUT2D eigenvalue weighted by molar-refractivity contribution is -0.134. The molecule has 1 aromatic carbocycles. The van der Waals surface area contributed by atoms with Gasteiger partial charge in [0.1, 0.15) is 0 Å². The van der Waals surface area contributed by atoms with Crippen LogP contribution in [-0.2, 0) is 9.53 Å². The van der Waals surface area contributed by atoms with Crippen LogP contribution in [0.25, 0.3) is 6.08 Å². The number of hydrogen-bond acceptors (Lipinski definition) is 2. The highest BCUT2D eigenvalue weighted by atomic mass is 16.5. The molecule has 0 spiro atoms. The molecular weight excluding hydrogens is 320 g/mol. The second-order valence-corrected chi connectivity index (χ2v) is 6.85. The zero-order valence-corrected chi connectivity index (χ0v) is 15.2. The molecule has 1 saturated carbocycles. The summed E-state index contributed by atoms with van der Waals surface area (Å²) in [4.78, 5) is 11.3. The summed E-state index contributed by atoms with van der Waals surface area (Å²) in [5.41, 5.74) is 1.21. The average Bonchev–Trinajstić information content (AvgIpc) is 2.68. The molecule has 2 aliphatic carbocycles. The van der Waals surface area contributed by atoms with Crippen molar-refractivity contribution in [3.05, 3.63) is 90.6 Å². The maximum atomic E-state index is 11.3. The standard InChI is InChI=1S/C24H26O2/c1-26-24(25)18-10-17-23-20(21-15-8-9-16-22(21)23)14-7-3-6-13-19-11-4-2-5-12-19/h2-13,15-16,18,20-23H,14,17H2,1H3/b7-3+,13-6+,18-10+/t20-,21?,22?,23+/m1/s1. The van der Waals surface area contributed by atoms with Crippen molar-refractivity contribution in [2.45, 2.75) is 12.8 Å². The highest BCUT2D eigenvalue weighted by Crippen LogP contribution is 2.52. The minimum atomic E-state index is -0.276. The van der Waals surface area contributed by atoms with Crippen LogP contribution in [0.2, 0.25) is 0 Å². The number of ether oxygens (including phenoxy) is 1. The molecule has 26 heavy (non-hydrogen) atoms. The third kappa shape index (κ3) is 4.51. The quantitative estimate of drug-likeness (QED) is 0.377. The number of rotatable bonds is 7. The number of allylic oxidation sites excluding steroid dienone is 8. The normalized spacial score (nSPS) is 27.1. The van der Waals surface area contributed by atoms with Crippen molar-refractivity contribution in [1.29, 1.82) is 0 Å². The van der Waals surface area contributed by atoms with Crippen LogP contribution in [0.15, 0.2) is 85.0 Å². The van der Waals surface area contributed by atoms with E-state index in [1.807, 2.05) is 24.3 Å². The van der Waals surface area contributed by atoms with Crippen LogP contribution < -0.4 is 0 Å². The first-order valence-electron chi connectivity index (χ1n) is 9.27. The summed E-state index contributed by atoms with van der Waals surface area (Å²) in [6.07, 6.45) is 23.1. The van der Waals surface area contributed by atoms with Crippen molar-refractivity contribution in [2.75, 3.05) is 7.11 Å². The van der Waals surface area contributed by atoms with Gasteiger partial charge in [-0.15, -0.1) is 0 Å². The third-order valence-corrected chi connectivity index (χ3v) is 5.37. The third-order valence-electron chi connectivity index (χ3n) is 5.37. The number of methoxy groups -OCH3 is 1. The van der Waals surface area contributed by atoms with Crippen molar-refractivity contribution in [3.63, 3.8) is 0 Å². The first-order valence-corrected chi connectivity index (χ1v) is 9.27. The Morgan fingerprint density at radius 3 is 2.27 bits per heavy atom. The van der Waals surface area contributed by atoms with Crippen molar-refractivity contribution in [2.24, 2.45) is 23.7 Å². The Labute approximate surface area is 156 Å². The van der Waals surface area contributed by atoms with E-state index in [2.05, 4.69) is 65.5 Å². The molecule has 0 bridgehead atoms. The van der Waals surface area contributed by atoms with E-state index in [0.717, 1.165) is 12.8 Å². The number of benzene rings is 1. The smallest absolute Gasteiger partial charge is 0.330 e. The number of carbonyl (C=O) groups is 1. The lowest BCUT2D eigenvalue weighted by atomic mass is 9.53. The van der Waals surface area contributed by atoms with Gasteiger partial charge in [0.2, 0.25) is 0 Å². The Morgan fingerprint density at radius 1 is 0.962 bits per heavy atom. The molecule has 0 amide bonds. The molecule has 2 nitrogen and oxygen atoms in total. The lowest BCUT2D eigenvalue weighted by Crippen LogP contribution is -2.45. The summed E-state index contributed by atoms with van der Waals surface area (Å²) < 4.78 is 4.68. The Hall–Kier alpha value is -2.61. The van der Waals surface area contributed by atoms with E-state index in [1.165, 1.54) is 12.7 Å². The molecule has 4 atom stereocenters. The van der Waals surface area contributed by atoms with Gasteiger partial charge in [-0.1, -0.05) is 85.0 Å². The van der Waals surface area contributed by atoms with Gasteiger partial charge < -0.3 is 4.74 Å². The maximum absolute atomic E-state index is 11.3. The van der Waals surface area contributed by atoms with Crippen LogP contribution in [0.3, 0.4) is 0 Å². The maximum Gasteiger partial charge on any atom is 0.330 e. The van der Waals surface area contributed by atoms with Gasteiger partial charge in [0, 0.05) is 6.08 Å². The first-order chi connectivity index (χ1) is 12.8. The second kappa shape index (κ2) is 9.19. The summed E-state index contributed by atoms with van der Waals surface area (Å²) in [5, 5.41) is 0. The minimum Gasteiger partial charge on any atom is -0.466 e. The van der Waals surface area contributed by atoms with Gasteiger partial charge in [0.05, 0.1) is 7.11 Å². The van der Waals surface area contributed by atoms with Crippen molar-refractivity contribution < 1.29 is 9.53 Å². The summed E-state index contributed by atoms with van der Waals surface area (Å²) in [7, 11) is 1.41. The fraction of sp³-hybridized carbons (Fsp3) is 0.292. The van der Waals surface area contributed by atoms with E-state index in [0.29, 0.717) is 23.7 Å². The van der Waals surface area contributed by atoms with Crippen LogP contribution in [0.1, 0.15) is 18.4 Å². The van der Waals surface area contributed by atoms with Crippen molar-refractivity contribution in [3.8, 4) is 0 Å². The number of carbonyl (C=O) groups excluding carboxylic acids is 1.